The Kier molecular flexibility index (Phi) is 4.74. The van der Waals surface area contributed by atoms with Crippen molar-refractivity contribution < 1.29 is 9.90 Å². The topological polar surface area (TPSA) is 71.3 Å². The molecule has 104 valence electrons. The number of nitrogens with one attached hydrogen (secondary N) is 1. The number of carbonyl (C=O) groups is 1. The van der Waals surface area contributed by atoms with E-state index in [2.05, 4.69) is 5.32 Å². The highest BCUT2D eigenvalue weighted by Crippen LogP contribution is 2.27. The molecule has 1 fully saturated rings. The summed E-state index contributed by atoms with van der Waals surface area (Å²) in [5.41, 5.74) is -0.200. The number of carbonyl (C=O) groups excluding carboxylic acids is 1. The van der Waals surface area contributed by atoms with Crippen LogP contribution in [0.1, 0.15) is 25.7 Å². The van der Waals surface area contributed by atoms with Crippen molar-refractivity contribution in [2.45, 2.75) is 38.3 Å². The van der Waals surface area contributed by atoms with Crippen LogP contribution in [0.5, 0.6) is 0 Å². The van der Waals surface area contributed by atoms with Crippen molar-refractivity contribution in [2.75, 3.05) is 6.54 Å². The second kappa shape index (κ2) is 6.52. The lowest BCUT2D eigenvalue weighted by Gasteiger charge is -2.18. The fourth-order valence-electron chi connectivity index (χ4n) is 2.53. The molecule has 5 nitrogen and oxygen atoms in total. The second-order valence-corrected chi connectivity index (χ2v) is 5.08. The van der Waals surface area contributed by atoms with Gasteiger partial charge in [0.25, 0.3) is 5.56 Å². The largest absolute Gasteiger partial charge is 0.391 e. The summed E-state index contributed by atoms with van der Waals surface area (Å²) in [6.07, 6.45) is 5.50. The number of aliphatic hydroxyl groups is 1. The van der Waals surface area contributed by atoms with Crippen molar-refractivity contribution >= 4 is 5.91 Å². The highest BCUT2D eigenvalue weighted by molar-refractivity contribution is 5.75. The number of rotatable bonds is 5. The maximum absolute atomic E-state index is 11.7. The first-order valence-corrected chi connectivity index (χ1v) is 6.77. The first-order valence-electron chi connectivity index (χ1n) is 6.77. The first-order chi connectivity index (χ1) is 9.16. The Morgan fingerprint density at radius 1 is 1.42 bits per heavy atom. The van der Waals surface area contributed by atoms with Gasteiger partial charge in [0, 0.05) is 18.8 Å². The lowest BCUT2D eigenvalue weighted by molar-refractivity contribution is -0.122. The fourth-order valence-corrected chi connectivity index (χ4v) is 2.53. The summed E-state index contributed by atoms with van der Waals surface area (Å²) in [5, 5.41) is 12.6. The molecule has 1 aliphatic rings. The normalized spacial score (nSPS) is 17.3. The molecule has 0 aliphatic heterocycles. The van der Waals surface area contributed by atoms with E-state index in [-0.39, 0.29) is 24.6 Å². The van der Waals surface area contributed by atoms with Gasteiger partial charge in [-0.25, -0.2) is 0 Å². The molecule has 0 bridgehead atoms. The molecule has 1 amide bonds. The molecule has 1 atom stereocenters. The van der Waals surface area contributed by atoms with Gasteiger partial charge in [-0.05, 0) is 24.8 Å². The molecule has 0 spiro atoms. The van der Waals surface area contributed by atoms with E-state index in [0.29, 0.717) is 5.92 Å². The first kappa shape index (κ1) is 13.8. The summed E-state index contributed by atoms with van der Waals surface area (Å²) < 4.78 is 1.34. The van der Waals surface area contributed by atoms with E-state index in [9.17, 15) is 14.7 Å². The monoisotopic (exact) mass is 264 g/mol. The number of aliphatic hydroxyl groups excluding tert-OH is 1. The Morgan fingerprint density at radius 2 is 2.16 bits per heavy atom. The number of hydrogen-bond acceptors (Lipinski definition) is 3. The van der Waals surface area contributed by atoms with Crippen LogP contribution in [0.3, 0.4) is 0 Å². The SMILES string of the molecule is O=C(Cn1ccccc1=O)NCC(O)C1CCCC1. The Balaban J connectivity index is 1.78. The van der Waals surface area contributed by atoms with Gasteiger partial charge in [0.05, 0.1) is 6.10 Å². The van der Waals surface area contributed by atoms with Crippen molar-refractivity contribution in [3.63, 3.8) is 0 Å². The van der Waals surface area contributed by atoms with Crippen LogP contribution >= 0.6 is 0 Å². The summed E-state index contributed by atoms with van der Waals surface area (Å²) in [4.78, 5) is 23.1. The zero-order valence-corrected chi connectivity index (χ0v) is 10.9. The van der Waals surface area contributed by atoms with Crippen LogP contribution < -0.4 is 10.9 Å². The molecule has 0 radical (unpaired) electrons. The Labute approximate surface area is 112 Å². The van der Waals surface area contributed by atoms with E-state index in [4.69, 9.17) is 0 Å². The average Bonchev–Trinajstić information content (AvgIpc) is 2.93. The van der Waals surface area contributed by atoms with Gasteiger partial charge in [-0.3, -0.25) is 9.59 Å². The van der Waals surface area contributed by atoms with E-state index in [1.807, 2.05) is 0 Å². The standard InChI is InChI=1S/C14H20N2O3/c17-12(11-5-1-2-6-11)9-15-13(18)10-16-8-4-3-7-14(16)19/h3-4,7-8,11-12,17H,1-2,5-6,9-10H2,(H,15,18). The average molecular weight is 264 g/mol. The molecule has 19 heavy (non-hydrogen) atoms. The second-order valence-electron chi connectivity index (χ2n) is 5.08. The minimum atomic E-state index is -0.473. The molecule has 1 unspecified atom stereocenters. The van der Waals surface area contributed by atoms with E-state index >= 15 is 0 Å². The zero-order valence-electron chi connectivity index (χ0n) is 10.9. The molecule has 1 aromatic rings. The summed E-state index contributed by atoms with van der Waals surface area (Å²) >= 11 is 0. The number of aromatic nitrogens is 1. The third-order valence-electron chi connectivity index (χ3n) is 3.67. The van der Waals surface area contributed by atoms with Gasteiger partial charge in [0.2, 0.25) is 5.91 Å². The van der Waals surface area contributed by atoms with Gasteiger partial charge in [-0.2, -0.15) is 0 Å². The van der Waals surface area contributed by atoms with Gasteiger partial charge < -0.3 is 15.0 Å². The molecule has 5 heteroatoms. The molecule has 1 heterocycles. The Bertz CT molecular complexity index is 478. The number of hydrogen-bond donors (Lipinski definition) is 2. The smallest absolute Gasteiger partial charge is 0.250 e. The number of pyridine rings is 1. The molecule has 1 aromatic heterocycles. The molecule has 1 saturated carbocycles. The summed E-state index contributed by atoms with van der Waals surface area (Å²) in [6.45, 7) is 0.266. The van der Waals surface area contributed by atoms with Crippen molar-refractivity contribution in [3.8, 4) is 0 Å². The molecule has 1 aliphatic carbocycles. The van der Waals surface area contributed by atoms with Crippen molar-refractivity contribution in [3.05, 3.63) is 34.7 Å². The predicted octanol–water partition coefficient (Wildman–Crippen LogP) is 0.516. The highest BCUT2D eigenvalue weighted by atomic mass is 16.3. The summed E-state index contributed by atoms with van der Waals surface area (Å²) in [7, 11) is 0. The van der Waals surface area contributed by atoms with Crippen molar-refractivity contribution in [2.24, 2.45) is 5.92 Å². The maximum atomic E-state index is 11.7. The predicted molar refractivity (Wildman–Crippen MR) is 71.7 cm³/mol. The molecule has 2 rings (SSSR count). The van der Waals surface area contributed by atoms with Crippen LogP contribution in [0.2, 0.25) is 0 Å². The van der Waals surface area contributed by atoms with E-state index in [1.54, 1.807) is 18.3 Å². The molecular weight excluding hydrogens is 244 g/mol. The number of nitrogens with zero attached hydrogens (tertiary/aromatic N) is 1. The summed E-state index contributed by atoms with van der Waals surface area (Å²) in [6, 6.07) is 4.77. The van der Waals surface area contributed by atoms with E-state index in [1.165, 1.54) is 10.6 Å². The van der Waals surface area contributed by atoms with Crippen molar-refractivity contribution in [1.29, 1.82) is 0 Å². The van der Waals surface area contributed by atoms with Gasteiger partial charge in [-0.1, -0.05) is 18.9 Å². The minimum Gasteiger partial charge on any atom is -0.391 e. The van der Waals surface area contributed by atoms with Crippen LogP contribution in [0.25, 0.3) is 0 Å². The van der Waals surface area contributed by atoms with Crippen LogP contribution in [0, 0.1) is 5.92 Å². The summed E-state index contributed by atoms with van der Waals surface area (Å²) in [5.74, 6) is 0.0603. The van der Waals surface area contributed by atoms with Gasteiger partial charge in [-0.15, -0.1) is 0 Å². The van der Waals surface area contributed by atoms with Crippen LogP contribution in [-0.2, 0) is 11.3 Å². The van der Waals surface area contributed by atoms with Gasteiger partial charge >= 0.3 is 0 Å². The van der Waals surface area contributed by atoms with E-state index in [0.717, 1.165) is 25.7 Å². The molecule has 0 aromatic carbocycles. The quantitative estimate of drug-likeness (QED) is 0.814. The van der Waals surface area contributed by atoms with Gasteiger partial charge in [0.1, 0.15) is 6.54 Å². The fraction of sp³-hybridized carbons (Fsp3) is 0.571. The Morgan fingerprint density at radius 3 is 2.84 bits per heavy atom. The molecule has 2 N–H and O–H groups in total. The van der Waals surface area contributed by atoms with Crippen molar-refractivity contribution in [1.82, 2.24) is 9.88 Å². The van der Waals surface area contributed by atoms with Gasteiger partial charge in [0.15, 0.2) is 0 Å². The van der Waals surface area contributed by atoms with Crippen LogP contribution in [-0.4, -0.2) is 28.2 Å². The van der Waals surface area contributed by atoms with Crippen LogP contribution in [0.15, 0.2) is 29.2 Å². The lowest BCUT2D eigenvalue weighted by Crippen LogP contribution is -2.38. The zero-order chi connectivity index (χ0) is 13.7. The van der Waals surface area contributed by atoms with Crippen LogP contribution in [0.4, 0.5) is 0 Å². The lowest BCUT2D eigenvalue weighted by atomic mass is 10.0. The third-order valence-corrected chi connectivity index (χ3v) is 3.67. The Hall–Kier alpha value is -1.62. The molecular formula is C14H20N2O3. The highest BCUT2D eigenvalue weighted by Gasteiger charge is 2.23. The number of amides is 1. The maximum Gasteiger partial charge on any atom is 0.250 e. The van der Waals surface area contributed by atoms with E-state index < -0.39 is 6.10 Å². The third kappa shape index (κ3) is 3.92. The molecule has 0 saturated heterocycles. The minimum absolute atomic E-state index is 0.00292.